The van der Waals surface area contributed by atoms with Crippen LogP contribution in [0.3, 0.4) is 0 Å². The van der Waals surface area contributed by atoms with Gasteiger partial charge in [-0.15, -0.1) is 5.10 Å². The third kappa shape index (κ3) is 7.54. The molecule has 0 saturated carbocycles. The van der Waals surface area contributed by atoms with Crippen molar-refractivity contribution < 1.29 is 32.2 Å². The maximum atomic E-state index is 14.5. The summed E-state index contributed by atoms with van der Waals surface area (Å²) in [6.07, 6.45) is 2.56. The molecular formula is C31H28F3N9O4. The van der Waals surface area contributed by atoms with Gasteiger partial charge >= 0.3 is 6.61 Å². The van der Waals surface area contributed by atoms with E-state index in [4.69, 9.17) is 15.7 Å². The number of primary amides is 1. The highest BCUT2D eigenvalue weighted by Gasteiger charge is 2.41. The molecule has 1 fully saturated rings. The predicted octanol–water partition coefficient (Wildman–Crippen LogP) is 2.79. The van der Waals surface area contributed by atoms with E-state index in [0.29, 0.717) is 42.1 Å². The average Bonchev–Trinajstić information content (AvgIpc) is 3.78. The standard InChI is InChI=1S/C20H18F3N5O3.C11H10N4O/c21-15-9-12(18-10-24-7-8-30-18)1-6-16(15)25-19(29)17-11-28(27-26-17)13-2-4-14(5-3-13)31-20(22)23;12-5-8-3-1-2-4-9(8)11(10(13)16)6-14-15-7-11/h1-6,9,11,18,20,24H,7-8,10H2,(H,25,29);1-4,6,15H,7H2,(H2,13,16)/t18-;/m1./s1. The summed E-state index contributed by atoms with van der Waals surface area (Å²) in [4.78, 5) is 24.0. The zero-order valence-electron chi connectivity index (χ0n) is 24.6. The summed E-state index contributed by atoms with van der Waals surface area (Å²) in [6.45, 7) is -0.747. The first-order valence-electron chi connectivity index (χ1n) is 14.2. The van der Waals surface area contributed by atoms with Gasteiger partial charge < -0.3 is 31.3 Å². The maximum Gasteiger partial charge on any atom is 0.387 e. The van der Waals surface area contributed by atoms with Gasteiger partial charge in [0.05, 0.1) is 48.5 Å². The van der Waals surface area contributed by atoms with Gasteiger partial charge in [0.1, 0.15) is 17.0 Å². The van der Waals surface area contributed by atoms with Crippen molar-refractivity contribution in [2.45, 2.75) is 18.1 Å². The number of carbonyl (C=O) groups excluding carboxylic acids is 2. The van der Waals surface area contributed by atoms with Gasteiger partial charge in [-0.1, -0.05) is 29.5 Å². The Labute approximate surface area is 266 Å². The number of nitrogens with zero attached hydrogens (tertiary/aromatic N) is 5. The Morgan fingerprint density at radius 2 is 1.96 bits per heavy atom. The number of hydrogen-bond donors (Lipinski definition) is 4. The van der Waals surface area contributed by atoms with Crippen molar-refractivity contribution in [3.63, 3.8) is 0 Å². The number of nitrogens with two attached hydrogens (primary N) is 1. The first kappa shape index (κ1) is 32.6. The Morgan fingerprint density at radius 1 is 1.17 bits per heavy atom. The van der Waals surface area contributed by atoms with Crippen LogP contribution in [-0.4, -0.2) is 65.9 Å². The molecule has 0 bridgehead atoms. The van der Waals surface area contributed by atoms with Gasteiger partial charge in [0.25, 0.3) is 5.91 Å². The van der Waals surface area contributed by atoms with Crippen LogP contribution in [0.1, 0.15) is 33.3 Å². The fraction of sp³-hybridized carbons (Fsp3) is 0.226. The molecule has 2 amide bonds. The van der Waals surface area contributed by atoms with Crippen LogP contribution < -0.4 is 26.5 Å². The minimum atomic E-state index is -2.92. The quantitative estimate of drug-likeness (QED) is 0.224. The molecule has 1 saturated heterocycles. The molecule has 1 aromatic heterocycles. The Bertz CT molecular complexity index is 1800. The molecule has 1 unspecified atom stereocenters. The van der Waals surface area contributed by atoms with E-state index in [1.165, 1.54) is 53.5 Å². The first-order chi connectivity index (χ1) is 22.7. The van der Waals surface area contributed by atoms with Crippen LogP contribution in [0, 0.1) is 17.1 Å². The van der Waals surface area contributed by atoms with E-state index < -0.39 is 29.7 Å². The molecule has 0 spiro atoms. The molecule has 5 N–H and O–H groups in total. The summed E-state index contributed by atoms with van der Waals surface area (Å²) in [7, 11) is 0. The van der Waals surface area contributed by atoms with E-state index in [1.54, 1.807) is 30.3 Å². The van der Waals surface area contributed by atoms with Crippen molar-refractivity contribution in [2.24, 2.45) is 10.8 Å². The lowest BCUT2D eigenvalue weighted by Crippen LogP contribution is -2.46. The number of hydrazone groups is 1. The minimum absolute atomic E-state index is 0.000527. The Balaban J connectivity index is 0.000000227. The van der Waals surface area contributed by atoms with Crippen LogP contribution in [0.5, 0.6) is 5.75 Å². The number of alkyl halides is 2. The van der Waals surface area contributed by atoms with E-state index in [9.17, 15) is 22.8 Å². The Morgan fingerprint density at radius 3 is 2.60 bits per heavy atom. The molecule has 242 valence electrons. The molecular weight excluding hydrogens is 619 g/mol. The third-order valence-electron chi connectivity index (χ3n) is 7.30. The molecule has 2 aliphatic heterocycles. The normalized spacial score (nSPS) is 18.4. The largest absolute Gasteiger partial charge is 0.435 e. The highest BCUT2D eigenvalue weighted by molar-refractivity contribution is 6.05. The summed E-state index contributed by atoms with van der Waals surface area (Å²) >= 11 is 0. The SMILES string of the molecule is N#Cc1ccccc1C1(C(N)=O)C=NNC1.O=C(Nc1ccc([C@H]2CNCCO2)cc1F)c1cn(-c2ccc(OC(F)F)cc2)nn1. The number of nitrogens with one attached hydrogen (secondary N) is 3. The number of anilines is 1. The number of benzene rings is 3. The minimum Gasteiger partial charge on any atom is -0.435 e. The Hall–Kier alpha value is -5.79. The molecule has 47 heavy (non-hydrogen) atoms. The summed E-state index contributed by atoms with van der Waals surface area (Å²) in [5.74, 6) is -1.76. The van der Waals surface area contributed by atoms with Gasteiger partial charge in [0, 0.05) is 19.3 Å². The van der Waals surface area contributed by atoms with Crippen LogP contribution in [0.4, 0.5) is 18.9 Å². The topological polar surface area (TPSA) is 182 Å². The van der Waals surface area contributed by atoms with Gasteiger partial charge in [-0.05, 0) is 53.6 Å². The van der Waals surface area contributed by atoms with Crippen LogP contribution in [-0.2, 0) is 14.9 Å². The number of amides is 2. The number of rotatable bonds is 8. The van der Waals surface area contributed by atoms with Crippen LogP contribution >= 0.6 is 0 Å². The summed E-state index contributed by atoms with van der Waals surface area (Å²) in [5.41, 5.74) is 9.25. The van der Waals surface area contributed by atoms with E-state index in [0.717, 1.165) is 6.54 Å². The van der Waals surface area contributed by atoms with Crippen molar-refractivity contribution in [1.82, 2.24) is 25.7 Å². The first-order valence-corrected chi connectivity index (χ1v) is 14.2. The lowest BCUT2D eigenvalue weighted by Gasteiger charge is -2.24. The fourth-order valence-corrected chi connectivity index (χ4v) is 4.86. The Kier molecular flexibility index (Phi) is 10.1. The van der Waals surface area contributed by atoms with E-state index in [1.807, 2.05) is 0 Å². The lowest BCUT2D eigenvalue weighted by atomic mass is 9.79. The number of hydrogen-bond acceptors (Lipinski definition) is 10. The molecule has 6 rings (SSSR count). The van der Waals surface area contributed by atoms with Crippen LogP contribution in [0.25, 0.3) is 5.69 Å². The van der Waals surface area contributed by atoms with Gasteiger partial charge in [0.2, 0.25) is 5.91 Å². The van der Waals surface area contributed by atoms with E-state index in [-0.39, 0.29) is 23.2 Å². The highest BCUT2D eigenvalue weighted by atomic mass is 19.3. The van der Waals surface area contributed by atoms with E-state index >= 15 is 0 Å². The molecule has 13 nitrogen and oxygen atoms in total. The average molecular weight is 648 g/mol. The van der Waals surface area contributed by atoms with Crippen molar-refractivity contribution >= 4 is 23.7 Å². The highest BCUT2D eigenvalue weighted by Crippen LogP contribution is 2.27. The van der Waals surface area contributed by atoms with E-state index in [2.05, 4.69) is 42.3 Å². The summed E-state index contributed by atoms with van der Waals surface area (Å²) < 4.78 is 50.1. The van der Waals surface area contributed by atoms with Crippen LogP contribution in [0.15, 0.2) is 78.0 Å². The number of aromatic nitrogens is 3. The molecule has 3 aromatic carbocycles. The third-order valence-corrected chi connectivity index (χ3v) is 7.30. The number of nitriles is 1. The van der Waals surface area contributed by atoms with Crippen molar-refractivity contribution in [2.75, 3.05) is 31.6 Å². The summed E-state index contributed by atoms with van der Waals surface area (Å²) in [5, 5.41) is 26.1. The molecule has 0 radical (unpaired) electrons. The molecule has 0 aliphatic carbocycles. The molecule has 2 aliphatic rings. The van der Waals surface area contributed by atoms with Crippen molar-refractivity contribution in [3.05, 3.63) is 101 Å². The molecule has 2 atom stereocenters. The number of ether oxygens (including phenoxy) is 2. The fourth-order valence-electron chi connectivity index (χ4n) is 4.86. The lowest BCUT2D eigenvalue weighted by molar-refractivity contribution is -0.120. The second kappa shape index (κ2) is 14.5. The second-order valence-electron chi connectivity index (χ2n) is 10.3. The molecule has 4 aromatic rings. The number of halogens is 3. The predicted molar refractivity (Wildman–Crippen MR) is 162 cm³/mol. The van der Waals surface area contributed by atoms with Crippen molar-refractivity contribution in [3.8, 4) is 17.5 Å². The molecule has 3 heterocycles. The van der Waals surface area contributed by atoms with Crippen molar-refractivity contribution in [1.29, 1.82) is 5.26 Å². The van der Waals surface area contributed by atoms with Gasteiger partial charge in [0.15, 0.2) is 5.69 Å². The smallest absolute Gasteiger partial charge is 0.387 e. The van der Waals surface area contributed by atoms with Gasteiger partial charge in [-0.2, -0.15) is 19.1 Å². The number of morpholine rings is 1. The zero-order chi connectivity index (χ0) is 33.4. The zero-order valence-corrected chi connectivity index (χ0v) is 24.6. The van der Waals surface area contributed by atoms with Gasteiger partial charge in [-0.25, -0.2) is 9.07 Å². The second-order valence-corrected chi connectivity index (χ2v) is 10.3. The molecule has 16 heteroatoms. The van der Waals surface area contributed by atoms with Crippen LogP contribution in [0.2, 0.25) is 0 Å². The number of carbonyl (C=O) groups is 2. The monoisotopic (exact) mass is 647 g/mol. The summed E-state index contributed by atoms with van der Waals surface area (Å²) in [6, 6.07) is 19.1. The van der Waals surface area contributed by atoms with Gasteiger partial charge in [-0.3, -0.25) is 9.59 Å². The maximum absolute atomic E-state index is 14.5.